The van der Waals surface area contributed by atoms with Crippen LogP contribution in [-0.2, 0) is 9.31 Å². The number of pyridine rings is 2. The Morgan fingerprint density at radius 3 is 1.15 bits per heavy atom. The number of fused-ring (bicyclic) bond motifs is 18. The van der Waals surface area contributed by atoms with Crippen molar-refractivity contribution in [1.82, 2.24) is 9.97 Å². The average Bonchev–Trinajstić information content (AvgIpc) is 4.04. The largest absolute Gasteiger partial charge is 0.494 e. The van der Waals surface area contributed by atoms with E-state index in [9.17, 15) is 0 Å². The maximum atomic E-state index is 6.34. The first-order valence-corrected chi connectivity index (χ1v) is 25.1. The van der Waals surface area contributed by atoms with Crippen LogP contribution >= 0.6 is 15.9 Å². The van der Waals surface area contributed by atoms with Crippen molar-refractivity contribution in [2.75, 3.05) is 0 Å². The van der Waals surface area contributed by atoms with E-state index in [0.717, 1.165) is 65.2 Å². The van der Waals surface area contributed by atoms with E-state index in [2.05, 4.69) is 205 Å². The van der Waals surface area contributed by atoms with Crippen molar-refractivity contribution in [3.05, 3.63) is 211 Å². The first-order chi connectivity index (χ1) is 35.1. The second-order valence-corrected chi connectivity index (χ2v) is 20.4. The molecule has 4 aromatic heterocycles. The molecule has 15 rings (SSSR count). The fourth-order valence-corrected chi connectivity index (χ4v) is 10.8. The SMILES string of the molecule is Brc1ccccn1.CC1(C)OB(c2ccc3oc4cc5c6ccccc6c6ccccc6c5cc4c3c2)OC1(C)C.c1ccc(-c2ccc3oc4cc5c6ccccc6c6ccccc6c5cc4c3c2)nc1. The van der Waals surface area contributed by atoms with Crippen LogP contribution in [-0.4, -0.2) is 28.3 Å². The highest BCUT2D eigenvalue weighted by molar-refractivity contribution is 9.10. The van der Waals surface area contributed by atoms with Gasteiger partial charge in [0.15, 0.2) is 0 Å². The molecule has 0 aliphatic carbocycles. The lowest BCUT2D eigenvalue weighted by molar-refractivity contribution is 0.00578. The third kappa shape index (κ3) is 7.40. The van der Waals surface area contributed by atoms with Crippen molar-refractivity contribution in [1.29, 1.82) is 0 Å². The number of hydrogen-bond acceptors (Lipinski definition) is 6. The molecule has 0 N–H and O–H groups in total. The van der Waals surface area contributed by atoms with Crippen molar-refractivity contribution in [3.63, 3.8) is 0 Å². The molecule has 0 bridgehead atoms. The standard InChI is InChI=1S/C30H25BO3.C29H17NO.C5H4BrN/c1-29(2)30(3,4)34-31(33-29)18-13-14-27-25(15-18)26-16-23-21-11-7-5-9-19(21)20-10-6-8-12-22(20)24(23)17-28(26)32-27;1-3-9-21-19(7-1)20-8-2-4-10-22(20)24-17-29-26(16-23(21)24)25-15-18(12-13-28(25)31-29)27-11-5-6-14-30-27;6-5-3-1-2-4-7-5/h5-17H,1-4H3;1-17H;1-4H. The minimum absolute atomic E-state index is 0.374. The summed E-state index contributed by atoms with van der Waals surface area (Å²) in [6, 6.07) is 67.9. The van der Waals surface area contributed by atoms with Gasteiger partial charge in [-0.25, -0.2) is 4.98 Å². The van der Waals surface area contributed by atoms with Gasteiger partial charge in [0.2, 0.25) is 0 Å². The molecule has 1 fully saturated rings. The first kappa shape index (κ1) is 44.1. The molecule has 0 amide bonds. The minimum atomic E-state index is -0.399. The number of hydrogen-bond donors (Lipinski definition) is 0. The van der Waals surface area contributed by atoms with E-state index in [-0.39, 0.29) is 11.2 Å². The molecule has 0 radical (unpaired) electrons. The van der Waals surface area contributed by atoms with E-state index in [1.807, 2.05) is 48.7 Å². The monoisotopic (exact) mass is 996 g/mol. The van der Waals surface area contributed by atoms with E-state index in [4.69, 9.17) is 18.1 Å². The van der Waals surface area contributed by atoms with E-state index in [1.54, 1.807) is 6.20 Å². The predicted molar refractivity (Wildman–Crippen MR) is 303 cm³/mol. The predicted octanol–water partition coefficient (Wildman–Crippen LogP) is 17.3. The van der Waals surface area contributed by atoms with Gasteiger partial charge in [-0.2, -0.15) is 0 Å². The molecule has 1 aliphatic rings. The second-order valence-electron chi connectivity index (χ2n) is 19.6. The molecule has 5 heterocycles. The van der Waals surface area contributed by atoms with Crippen LogP contribution in [0.2, 0.25) is 0 Å². The zero-order chi connectivity index (χ0) is 48.7. The molecule has 0 atom stereocenters. The Hall–Kier alpha value is -7.88. The molecular formula is C64H46BBrN2O4. The van der Waals surface area contributed by atoms with Crippen LogP contribution in [0.3, 0.4) is 0 Å². The summed E-state index contributed by atoms with van der Waals surface area (Å²) in [7, 11) is -0.399. The number of furan rings is 2. The van der Waals surface area contributed by atoms with Gasteiger partial charge in [0.05, 0.1) is 16.9 Å². The quantitative estimate of drug-likeness (QED) is 0.0976. The first-order valence-electron chi connectivity index (χ1n) is 24.3. The summed E-state index contributed by atoms with van der Waals surface area (Å²) in [4.78, 5) is 8.41. The summed E-state index contributed by atoms with van der Waals surface area (Å²) < 4.78 is 26.1. The Bertz CT molecular complexity index is 4420. The molecule has 0 spiro atoms. The molecule has 8 heteroatoms. The molecule has 0 unspecified atom stereocenters. The fraction of sp³-hybridized carbons (Fsp3) is 0.0938. The summed E-state index contributed by atoms with van der Waals surface area (Å²) in [6.07, 6.45) is 3.57. The van der Waals surface area contributed by atoms with Gasteiger partial charge in [-0.05, 0) is 187 Å². The third-order valence-corrected chi connectivity index (χ3v) is 15.3. The molecule has 10 aromatic carbocycles. The molecule has 1 aliphatic heterocycles. The van der Waals surface area contributed by atoms with Crippen LogP contribution in [0, 0.1) is 0 Å². The number of nitrogens with zero attached hydrogens (tertiary/aromatic N) is 2. The van der Waals surface area contributed by atoms with Gasteiger partial charge in [0.1, 0.15) is 26.9 Å². The van der Waals surface area contributed by atoms with Crippen molar-refractivity contribution in [2.24, 2.45) is 0 Å². The van der Waals surface area contributed by atoms with Crippen LogP contribution in [0.1, 0.15) is 27.7 Å². The summed E-state index contributed by atoms with van der Waals surface area (Å²) in [5.41, 5.74) is 5.92. The second kappa shape index (κ2) is 17.2. The molecule has 6 nitrogen and oxygen atoms in total. The lowest BCUT2D eigenvalue weighted by atomic mass is 9.78. The van der Waals surface area contributed by atoms with Gasteiger partial charge < -0.3 is 18.1 Å². The third-order valence-electron chi connectivity index (χ3n) is 14.8. The lowest BCUT2D eigenvalue weighted by Gasteiger charge is -2.32. The number of rotatable bonds is 2. The summed E-state index contributed by atoms with van der Waals surface area (Å²) >= 11 is 3.20. The molecule has 14 aromatic rings. The molecule has 1 saturated heterocycles. The minimum Gasteiger partial charge on any atom is -0.456 e. The van der Waals surface area contributed by atoms with Crippen LogP contribution in [0.5, 0.6) is 0 Å². The Morgan fingerprint density at radius 2 is 0.736 bits per heavy atom. The normalized spacial score (nSPS) is 14.3. The van der Waals surface area contributed by atoms with Crippen molar-refractivity contribution < 1.29 is 18.1 Å². The summed E-state index contributed by atoms with van der Waals surface area (Å²) in [5, 5.41) is 19.5. The number of aromatic nitrogens is 2. The smallest absolute Gasteiger partial charge is 0.456 e. The van der Waals surface area contributed by atoms with Crippen LogP contribution in [0.25, 0.3) is 120 Å². The molecule has 72 heavy (non-hydrogen) atoms. The van der Waals surface area contributed by atoms with Crippen LogP contribution < -0.4 is 5.46 Å². The van der Waals surface area contributed by atoms with Gasteiger partial charge in [-0.1, -0.05) is 121 Å². The maximum absolute atomic E-state index is 6.34. The van der Waals surface area contributed by atoms with Gasteiger partial charge in [-0.15, -0.1) is 0 Å². The van der Waals surface area contributed by atoms with Crippen molar-refractivity contribution in [2.45, 2.75) is 38.9 Å². The van der Waals surface area contributed by atoms with Crippen LogP contribution in [0.4, 0.5) is 0 Å². The number of benzene rings is 10. The van der Waals surface area contributed by atoms with E-state index >= 15 is 0 Å². The van der Waals surface area contributed by atoms with E-state index in [0.29, 0.717) is 0 Å². The molecule has 0 saturated carbocycles. The highest BCUT2D eigenvalue weighted by atomic mass is 79.9. The molecule has 346 valence electrons. The van der Waals surface area contributed by atoms with Crippen molar-refractivity contribution >= 4 is 137 Å². The lowest BCUT2D eigenvalue weighted by Crippen LogP contribution is -2.41. The summed E-state index contributed by atoms with van der Waals surface area (Å²) in [5.74, 6) is 0. The summed E-state index contributed by atoms with van der Waals surface area (Å²) in [6.45, 7) is 8.33. The Balaban J connectivity index is 0.000000124. The van der Waals surface area contributed by atoms with Gasteiger partial charge in [-0.3, -0.25) is 4.98 Å². The highest BCUT2D eigenvalue weighted by Crippen LogP contribution is 2.43. The average molecular weight is 998 g/mol. The van der Waals surface area contributed by atoms with E-state index < -0.39 is 7.12 Å². The topological polar surface area (TPSA) is 70.5 Å². The maximum Gasteiger partial charge on any atom is 0.494 e. The van der Waals surface area contributed by atoms with Gasteiger partial charge in [0.25, 0.3) is 0 Å². The van der Waals surface area contributed by atoms with Crippen LogP contribution in [0.15, 0.2) is 220 Å². The Kier molecular flexibility index (Phi) is 10.5. The Morgan fingerprint density at radius 1 is 0.347 bits per heavy atom. The molecular weight excluding hydrogens is 951 g/mol. The van der Waals surface area contributed by atoms with Gasteiger partial charge >= 0.3 is 7.12 Å². The number of halogens is 1. The zero-order valence-electron chi connectivity index (χ0n) is 40.1. The van der Waals surface area contributed by atoms with Crippen molar-refractivity contribution in [3.8, 4) is 11.3 Å². The highest BCUT2D eigenvalue weighted by Gasteiger charge is 2.51. The van der Waals surface area contributed by atoms with E-state index in [1.165, 1.54) is 64.6 Å². The Labute approximate surface area is 424 Å². The van der Waals surface area contributed by atoms with Gasteiger partial charge in [0, 0.05) is 39.5 Å². The fourth-order valence-electron chi connectivity index (χ4n) is 10.5. The zero-order valence-corrected chi connectivity index (χ0v) is 41.7.